The van der Waals surface area contributed by atoms with Crippen LogP contribution in [0.2, 0.25) is 0 Å². The summed E-state index contributed by atoms with van der Waals surface area (Å²) in [6.45, 7) is 0. The van der Waals surface area contributed by atoms with E-state index in [1.807, 2.05) is 0 Å². The maximum absolute atomic E-state index is 5.38. The van der Waals surface area contributed by atoms with E-state index in [4.69, 9.17) is 12.2 Å². The zero-order valence-corrected chi connectivity index (χ0v) is 11.4. The van der Waals surface area contributed by atoms with Crippen LogP contribution in [0.25, 0.3) is 0 Å². The first-order valence-corrected chi connectivity index (χ1v) is 7.42. The monoisotopic (exact) mass is 253 g/mol. The van der Waals surface area contributed by atoms with Gasteiger partial charge in [0.25, 0.3) is 0 Å². The minimum atomic E-state index is 0.597. The predicted octanol–water partition coefficient (Wildman–Crippen LogP) is 1.63. The number of piperidine rings is 2. The summed E-state index contributed by atoms with van der Waals surface area (Å²) in [5, 5.41) is 7.81. The molecule has 3 fully saturated rings. The van der Waals surface area contributed by atoms with Crippen molar-refractivity contribution in [1.29, 1.82) is 0 Å². The quantitative estimate of drug-likeness (QED) is 0.732. The molecule has 2 atom stereocenters. The number of rotatable bonds is 2. The van der Waals surface area contributed by atoms with Crippen molar-refractivity contribution >= 4 is 17.3 Å². The van der Waals surface area contributed by atoms with Gasteiger partial charge in [0.1, 0.15) is 0 Å². The molecule has 1 aliphatic carbocycles. The Morgan fingerprint density at radius 2 is 1.59 bits per heavy atom. The highest BCUT2D eigenvalue weighted by Gasteiger charge is 2.36. The van der Waals surface area contributed by atoms with Crippen molar-refractivity contribution in [3.05, 3.63) is 0 Å². The third-order valence-corrected chi connectivity index (χ3v) is 4.82. The van der Waals surface area contributed by atoms with Crippen LogP contribution in [-0.4, -0.2) is 41.2 Å². The van der Waals surface area contributed by atoms with Gasteiger partial charge >= 0.3 is 0 Å². The van der Waals surface area contributed by atoms with Crippen LogP contribution in [0.4, 0.5) is 0 Å². The van der Waals surface area contributed by atoms with E-state index >= 15 is 0 Å². The Kier molecular flexibility index (Phi) is 3.26. The van der Waals surface area contributed by atoms with Crippen molar-refractivity contribution in [3.63, 3.8) is 0 Å². The van der Waals surface area contributed by atoms with Crippen LogP contribution in [0, 0.1) is 0 Å². The van der Waals surface area contributed by atoms with Crippen LogP contribution in [0.5, 0.6) is 0 Å². The van der Waals surface area contributed by atoms with Gasteiger partial charge in [-0.05, 0) is 57.8 Å². The summed E-state index contributed by atoms with van der Waals surface area (Å²) >= 11 is 5.38. The fourth-order valence-electron chi connectivity index (χ4n) is 3.37. The summed E-state index contributed by atoms with van der Waals surface area (Å²) in [5.41, 5.74) is 0. The Bertz CT molecular complexity index is 289. The lowest BCUT2D eigenvalue weighted by atomic mass is 9.82. The second-order valence-corrected chi connectivity index (χ2v) is 6.37. The molecule has 1 saturated carbocycles. The largest absolute Gasteiger partial charge is 0.360 e. The Hall–Kier alpha value is -0.350. The van der Waals surface area contributed by atoms with Gasteiger partial charge in [0.15, 0.2) is 5.11 Å². The van der Waals surface area contributed by atoms with Crippen LogP contribution in [0.15, 0.2) is 0 Å². The van der Waals surface area contributed by atoms with Crippen LogP contribution in [-0.2, 0) is 0 Å². The van der Waals surface area contributed by atoms with Gasteiger partial charge < -0.3 is 15.5 Å². The fourth-order valence-corrected chi connectivity index (χ4v) is 3.71. The Balaban J connectivity index is 1.52. The molecule has 2 saturated heterocycles. The molecule has 3 aliphatic rings. The molecule has 96 valence electrons. The molecule has 0 spiro atoms. The van der Waals surface area contributed by atoms with Crippen molar-refractivity contribution < 1.29 is 0 Å². The standard InChI is InChI=1S/C13H23N3S/c1-16-11-3-2-4-12(16)8-10(7-11)15-13(17)14-9-5-6-9/h9-12H,2-8H2,1H3,(H2,14,15,17). The Morgan fingerprint density at radius 3 is 2.18 bits per heavy atom. The maximum Gasteiger partial charge on any atom is 0.166 e. The van der Waals surface area contributed by atoms with E-state index in [-0.39, 0.29) is 0 Å². The highest BCUT2D eigenvalue weighted by atomic mass is 32.1. The van der Waals surface area contributed by atoms with E-state index in [0.29, 0.717) is 12.1 Å². The smallest absolute Gasteiger partial charge is 0.166 e. The molecular weight excluding hydrogens is 230 g/mol. The van der Waals surface area contributed by atoms with Crippen molar-refractivity contribution in [2.75, 3.05) is 7.05 Å². The van der Waals surface area contributed by atoms with Gasteiger partial charge in [0, 0.05) is 24.2 Å². The molecule has 0 aromatic carbocycles. The molecule has 0 aromatic rings. The summed E-state index contributed by atoms with van der Waals surface area (Å²) in [4.78, 5) is 2.60. The van der Waals surface area contributed by atoms with E-state index in [0.717, 1.165) is 17.2 Å². The van der Waals surface area contributed by atoms with Crippen molar-refractivity contribution in [1.82, 2.24) is 15.5 Å². The lowest BCUT2D eigenvalue weighted by Gasteiger charge is -2.47. The third-order valence-electron chi connectivity index (χ3n) is 4.59. The second kappa shape index (κ2) is 4.73. The average Bonchev–Trinajstić information content (AvgIpc) is 3.03. The van der Waals surface area contributed by atoms with E-state index in [9.17, 15) is 0 Å². The molecule has 0 amide bonds. The summed E-state index contributed by atoms with van der Waals surface area (Å²) in [7, 11) is 2.30. The molecular formula is C13H23N3S. The molecule has 2 N–H and O–H groups in total. The van der Waals surface area contributed by atoms with Gasteiger partial charge in [0.2, 0.25) is 0 Å². The number of nitrogens with zero attached hydrogens (tertiary/aromatic N) is 1. The minimum Gasteiger partial charge on any atom is -0.360 e. The van der Waals surface area contributed by atoms with Gasteiger partial charge in [-0.25, -0.2) is 0 Å². The highest BCUT2D eigenvalue weighted by molar-refractivity contribution is 7.80. The van der Waals surface area contributed by atoms with Gasteiger partial charge in [-0.3, -0.25) is 0 Å². The topological polar surface area (TPSA) is 27.3 Å². The summed E-state index contributed by atoms with van der Waals surface area (Å²) < 4.78 is 0. The SMILES string of the molecule is CN1C2CCCC1CC(NC(=S)NC1CC1)C2. The first-order valence-electron chi connectivity index (χ1n) is 7.01. The first-order chi connectivity index (χ1) is 8.22. The van der Waals surface area contributed by atoms with E-state index < -0.39 is 0 Å². The van der Waals surface area contributed by atoms with E-state index in [2.05, 4.69) is 22.6 Å². The molecule has 2 unspecified atom stereocenters. The number of nitrogens with one attached hydrogen (secondary N) is 2. The minimum absolute atomic E-state index is 0.597. The molecule has 17 heavy (non-hydrogen) atoms. The second-order valence-electron chi connectivity index (χ2n) is 5.96. The molecule has 2 aliphatic heterocycles. The summed E-state index contributed by atoms with van der Waals surface area (Å²) in [5.74, 6) is 0. The Labute approximate surface area is 109 Å². The first kappa shape index (κ1) is 11.7. The predicted molar refractivity (Wildman–Crippen MR) is 74.1 cm³/mol. The Morgan fingerprint density at radius 1 is 1.00 bits per heavy atom. The van der Waals surface area contributed by atoms with Gasteiger partial charge in [-0.1, -0.05) is 6.42 Å². The van der Waals surface area contributed by atoms with Gasteiger partial charge in [-0.15, -0.1) is 0 Å². The van der Waals surface area contributed by atoms with E-state index in [1.165, 1.54) is 44.9 Å². The normalized spacial score (nSPS) is 37.6. The molecule has 0 radical (unpaired) electrons. The molecule has 2 bridgehead atoms. The third kappa shape index (κ3) is 2.74. The van der Waals surface area contributed by atoms with Crippen molar-refractivity contribution in [3.8, 4) is 0 Å². The van der Waals surface area contributed by atoms with Gasteiger partial charge in [-0.2, -0.15) is 0 Å². The lowest BCUT2D eigenvalue weighted by Crippen LogP contribution is -2.56. The molecule has 0 aromatic heterocycles. The number of hydrogen-bond donors (Lipinski definition) is 2. The molecule has 3 nitrogen and oxygen atoms in total. The number of thiocarbonyl (C=S) groups is 1. The summed E-state index contributed by atoms with van der Waals surface area (Å²) in [6, 6.07) is 2.83. The average molecular weight is 253 g/mol. The fraction of sp³-hybridized carbons (Fsp3) is 0.923. The molecule has 4 heteroatoms. The van der Waals surface area contributed by atoms with Crippen LogP contribution >= 0.6 is 12.2 Å². The van der Waals surface area contributed by atoms with Crippen LogP contribution < -0.4 is 10.6 Å². The number of fused-ring (bicyclic) bond motifs is 2. The zero-order valence-electron chi connectivity index (χ0n) is 10.6. The molecule has 3 rings (SSSR count). The maximum atomic E-state index is 5.38. The summed E-state index contributed by atoms with van der Waals surface area (Å²) in [6.07, 6.45) is 9.26. The van der Waals surface area contributed by atoms with E-state index in [1.54, 1.807) is 0 Å². The lowest BCUT2D eigenvalue weighted by molar-refractivity contribution is 0.0528. The van der Waals surface area contributed by atoms with Crippen LogP contribution in [0.1, 0.15) is 44.9 Å². The van der Waals surface area contributed by atoms with Crippen LogP contribution in [0.3, 0.4) is 0 Å². The van der Waals surface area contributed by atoms with Crippen molar-refractivity contribution in [2.45, 2.75) is 69.1 Å². The number of hydrogen-bond acceptors (Lipinski definition) is 2. The molecule has 2 heterocycles. The van der Waals surface area contributed by atoms with Crippen molar-refractivity contribution in [2.24, 2.45) is 0 Å². The highest BCUT2D eigenvalue weighted by Crippen LogP contribution is 2.32. The zero-order chi connectivity index (χ0) is 11.8. The van der Waals surface area contributed by atoms with Gasteiger partial charge in [0.05, 0.1) is 0 Å².